The molecule has 0 fully saturated rings. The number of amides is 1. The van der Waals surface area contributed by atoms with Crippen LogP contribution in [0.5, 0.6) is 0 Å². The van der Waals surface area contributed by atoms with Crippen LogP contribution in [-0.4, -0.2) is 12.5 Å². The molecule has 0 aromatic heterocycles. The van der Waals surface area contributed by atoms with Gasteiger partial charge in [-0.1, -0.05) is 22.0 Å². The van der Waals surface area contributed by atoms with E-state index in [1.165, 1.54) is 0 Å². The summed E-state index contributed by atoms with van der Waals surface area (Å²) in [7, 11) is 0. The van der Waals surface area contributed by atoms with Gasteiger partial charge in [-0.25, -0.2) is 0 Å². The lowest BCUT2D eigenvalue weighted by Gasteiger charge is -2.04. The second kappa shape index (κ2) is 5.50. The molecule has 74 valence electrons. The fourth-order valence-corrected chi connectivity index (χ4v) is 2.48. The van der Waals surface area contributed by atoms with Gasteiger partial charge in [-0.05, 0) is 40.8 Å². The van der Waals surface area contributed by atoms with Crippen molar-refractivity contribution >= 4 is 44.4 Å². The summed E-state index contributed by atoms with van der Waals surface area (Å²) in [6.45, 7) is 4.03. The Balaban J connectivity index is 2.84. The van der Waals surface area contributed by atoms with Crippen LogP contribution in [0, 0.1) is 3.57 Å². The first kappa shape index (κ1) is 11.7. The fraction of sp³-hybridized carbons (Fsp3) is 0.100. The normalized spacial score (nSPS) is 9.57. The molecule has 1 amide bonds. The van der Waals surface area contributed by atoms with Crippen molar-refractivity contribution in [1.29, 1.82) is 0 Å². The van der Waals surface area contributed by atoms with Crippen molar-refractivity contribution in [2.75, 3.05) is 6.54 Å². The van der Waals surface area contributed by atoms with Gasteiger partial charge in [-0.3, -0.25) is 4.79 Å². The zero-order valence-electron chi connectivity index (χ0n) is 7.39. The van der Waals surface area contributed by atoms with Gasteiger partial charge in [0.25, 0.3) is 5.91 Å². The number of hydrogen-bond acceptors (Lipinski definition) is 1. The van der Waals surface area contributed by atoms with E-state index in [0.29, 0.717) is 12.1 Å². The van der Waals surface area contributed by atoms with Crippen LogP contribution in [0.2, 0.25) is 0 Å². The van der Waals surface area contributed by atoms with E-state index < -0.39 is 0 Å². The van der Waals surface area contributed by atoms with E-state index >= 15 is 0 Å². The second-order valence-electron chi connectivity index (χ2n) is 2.62. The fourth-order valence-electron chi connectivity index (χ4n) is 0.934. The number of rotatable bonds is 3. The minimum Gasteiger partial charge on any atom is -0.349 e. The molecule has 0 saturated carbocycles. The largest absolute Gasteiger partial charge is 0.349 e. The van der Waals surface area contributed by atoms with Crippen LogP contribution in [0.25, 0.3) is 0 Å². The van der Waals surface area contributed by atoms with Crippen molar-refractivity contribution in [3.63, 3.8) is 0 Å². The SMILES string of the molecule is C=CCNC(=O)c1ccc(Br)cc1I. The maximum atomic E-state index is 11.6. The summed E-state index contributed by atoms with van der Waals surface area (Å²) in [5.41, 5.74) is 0.690. The molecule has 0 heterocycles. The highest BCUT2D eigenvalue weighted by Crippen LogP contribution is 2.18. The summed E-state index contributed by atoms with van der Waals surface area (Å²) < 4.78 is 1.90. The summed E-state index contributed by atoms with van der Waals surface area (Å²) in [4.78, 5) is 11.6. The Bertz CT molecular complexity index is 365. The third kappa shape index (κ3) is 3.09. The summed E-state index contributed by atoms with van der Waals surface area (Å²) in [6, 6.07) is 5.55. The van der Waals surface area contributed by atoms with Crippen LogP contribution in [0.4, 0.5) is 0 Å². The van der Waals surface area contributed by atoms with Crippen LogP contribution in [-0.2, 0) is 0 Å². The summed E-state index contributed by atoms with van der Waals surface area (Å²) >= 11 is 5.48. The molecule has 1 rings (SSSR count). The van der Waals surface area contributed by atoms with Gasteiger partial charge in [0.05, 0.1) is 5.56 Å². The molecule has 1 N–H and O–H groups in total. The Morgan fingerprint density at radius 1 is 1.64 bits per heavy atom. The van der Waals surface area contributed by atoms with Gasteiger partial charge in [-0.15, -0.1) is 6.58 Å². The highest BCUT2D eigenvalue weighted by Gasteiger charge is 2.08. The van der Waals surface area contributed by atoms with E-state index in [1.807, 2.05) is 12.1 Å². The molecule has 1 aromatic rings. The maximum absolute atomic E-state index is 11.6. The standard InChI is InChI=1S/C10H9BrINO/c1-2-5-13-10(14)8-4-3-7(11)6-9(8)12/h2-4,6H,1,5H2,(H,13,14). The number of carbonyl (C=O) groups excluding carboxylic acids is 1. The number of hydrogen-bond donors (Lipinski definition) is 1. The van der Waals surface area contributed by atoms with Crippen molar-refractivity contribution in [2.24, 2.45) is 0 Å². The predicted octanol–water partition coefficient (Wildman–Crippen LogP) is 2.97. The minimum atomic E-state index is -0.0678. The van der Waals surface area contributed by atoms with E-state index in [0.717, 1.165) is 8.04 Å². The third-order valence-electron chi connectivity index (χ3n) is 1.58. The summed E-state index contributed by atoms with van der Waals surface area (Å²) in [5.74, 6) is -0.0678. The van der Waals surface area contributed by atoms with E-state index in [-0.39, 0.29) is 5.91 Å². The second-order valence-corrected chi connectivity index (χ2v) is 4.70. The van der Waals surface area contributed by atoms with Gasteiger partial charge in [0.2, 0.25) is 0 Å². The number of benzene rings is 1. The van der Waals surface area contributed by atoms with Crippen molar-refractivity contribution in [2.45, 2.75) is 0 Å². The van der Waals surface area contributed by atoms with Crippen LogP contribution < -0.4 is 5.32 Å². The molecular weight excluding hydrogens is 357 g/mol. The molecule has 0 spiro atoms. The molecular formula is C10H9BrINO. The van der Waals surface area contributed by atoms with E-state index in [1.54, 1.807) is 12.1 Å². The lowest BCUT2D eigenvalue weighted by atomic mass is 10.2. The van der Waals surface area contributed by atoms with Crippen LogP contribution in [0.3, 0.4) is 0 Å². The molecule has 1 aromatic carbocycles. The molecule has 0 bridgehead atoms. The monoisotopic (exact) mass is 365 g/mol. The smallest absolute Gasteiger partial charge is 0.252 e. The average molecular weight is 366 g/mol. The zero-order valence-corrected chi connectivity index (χ0v) is 11.1. The predicted molar refractivity (Wildman–Crippen MR) is 69.4 cm³/mol. The Hall–Kier alpha value is -0.360. The first-order chi connectivity index (χ1) is 6.65. The maximum Gasteiger partial charge on any atom is 0.252 e. The highest BCUT2D eigenvalue weighted by atomic mass is 127. The first-order valence-corrected chi connectivity index (χ1v) is 5.86. The van der Waals surface area contributed by atoms with Gasteiger partial charge in [-0.2, -0.15) is 0 Å². The van der Waals surface area contributed by atoms with Crippen LogP contribution >= 0.6 is 38.5 Å². The molecule has 4 heteroatoms. The highest BCUT2D eigenvalue weighted by molar-refractivity contribution is 14.1. The zero-order chi connectivity index (χ0) is 10.6. The van der Waals surface area contributed by atoms with E-state index in [4.69, 9.17) is 0 Å². The third-order valence-corrected chi connectivity index (χ3v) is 2.97. The van der Waals surface area contributed by atoms with Gasteiger partial charge in [0.1, 0.15) is 0 Å². The van der Waals surface area contributed by atoms with Gasteiger partial charge in [0, 0.05) is 14.6 Å². The van der Waals surface area contributed by atoms with Crippen molar-refractivity contribution in [1.82, 2.24) is 5.32 Å². The first-order valence-electron chi connectivity index (χ1n) is 3.99. The minimum absolute atomic E-state index is 0.0678. The van der Waals surface area contributed by atoms with Crippen LogP contribution in [0.15, 0.2) is 35.3 Å². The number of carbonyl (C=O) groups is 1. The van der Waals surface area contributed by atoms with Gasteiger partial charge < -0.3 is 5.32 Å². The molecule has 0 aliphatic carbocycles. The number of nitrogens with one attached hydrogen (secondary N) is 1. The molecule has 0 unspecified atom stereocenters. The summed E-state index contributed by atoms with van der Waals surface area (Å²) in [5, 5.41) is 2.73. The Kier molecular flexibility index (Phi) is 4.60. The Morgan fingerprint density at radius 3 is 2.93 bits per heavy atom. The van der Waals surface area contributed by atoms with Gasteiger partial charge >= 0.3 is 0 Å². The molecule has 0 atom stereocenters. The molecule has 0 aliphatic heterocycles. The van der Waals surface area contributed by atoms with Gasteiger partial charge in [0.15, 0.2) is 0 Å². The quantitative estimate of drug-likeness (QED) is 0.647. The lowest BCUT2D eigenvalue weighted by Crippen LogP contribution is -2.23. The van der Waals surface area contributed by atoms with Crippen molar-refractivity contribution in [3.8, 4) is 0 Å². The van der Waals surface area contributed by atoms with Crippen molar-refractivity contribution in [3.05, 3.63) is 44.5 Å². The lowest BCUT2D eigenvalue weighted by molar-refractivity contribution is 0.0957. The van der Waals surface area contributed by atoms with Crippen LogP contribution in [0.1, 0.15) is 10.4 Å². The molecule has 2 nitrogen and oxygen atoms in total. The van der Waals surface area contributed by atoms with Crippen molar-refractivity contribution < 1.29 is 4.79 Å². The number of halogens is 2. The Labute approximate surface area is 105 Å². The summed E-state index contributed by atoms with van der Waals surface area (Å²) in [6.07, 6.45) is 1.66. The molecule has 14 heavy (non-hydrogen) atoms. The molecule has 0 saturated heterocycles. The van der Waals surface area contributed by atoms with E-state index in [9.17, 15) is 4.79 Å². The topological polar surface area (TPSA) is 29.1 Å². The Morgan fingerprint density at radius 2 is 2.36 bits per heavy atom. The molecule has 0 aliphatic rings. The average Bonchev–Trinajstić information content (AvgIpc) is 2.14. The van der Waals surface area contributed by atoms with E-state index in [2.05, 4.69) is 50.4 Å². The molecule has 0 radical (unpaired) electrons.